The smallest absolute Gasteiger partial charge is 0.150 e. The number of anilines is 1. The first-order valence-corrected chi connectivity index (χ1v) is 5.47. The van der Waals surface area contributed by atoms with Crippen LogP contribution in [0.4, 0.5) is 5.69 Å². The SMILES string of the molecule is CC(O)CCN(C)c1ccc(C=O)cc1C#N. The maximum absolute atomic E-state index is 10.6. The van der Waals surface area contributed by atoms with Crippen LogP contribution in [0, 0.1) is 11.3 Å². The highest BCUT2D eigenvalue weighted by molar-refractivity contribution is 5.78. The van der Waals surface area contributed by atoms with Gasteiger partial charge in [0.05, 0.1) is 17.4 Å². The number of nitriles is 1. The molecule has 0 fully saturated rings. The van der Waals surface area contributed by atoms with E-state index in [0.717, 1.165) is 12.0 Å². The van der Waals surface area contributed by atoms with E-state index >= 15 is 0 Å². The Bertz CT molecular complexity index is 436. The molecule has 0 aliphatic heterocycles. The van der Waals surface area contributed by atoms with Crippen LogP contribution in [-0.2, 0) is 0 Å². The minimum absolute atomic E-state index is 0.364. The Labute approximate surface area is 101 Å². The molecule has 0 saturated carbocycles. The number of aliphatic hydroxyl groups excluding tert-OH is 1. The van der Waals surface area contributed by atoms with Gasteiger partial charge in [-0.25, -0.2) is 0 Å². The van der Waals surface area contributed by atoms with Crippen molar-refractivity contribution in [1.82, 2.24) is 0 Å². The fourth-order valence-electron chi connectivity index (χ4n) is 1.55. The van der Waals surface area contributed by atoms with E-state index in [4.69, 9.17) is 5.26 Å². The summed E-state index contributed by atoms with van der Waals surface area (Å²) in [5, 5.41) is 18.2. The minimum Gasteiger partial charge on any atom is -0.393 e. The highest BCUT2D eigenvalue weighted by atomic mass is 16.3. The molecule has 1 N–H and O–H groups in total. The lowest BCUT2D eigenvalue weighted by molar-refractivity contribution is 0.112. The predicted octanol–water partition coefficient (Wildman–Crippen LogP) is 1.58. The van der Waals surface area contributed by atoms with Crippen LogP contribution in [0.2, 0.25) is 0 Å². The highest BCUT2D eigenvalue weighted by Gasteiger charge is 2.09. The van der Waals surface area contributed by atoms with E-state index in [2.05, 4.69) is 6.07 Å². The standard InChI is InChI=1S/C13H16N2O2/c1-10(17)5-6-15(2)13-4-3-11(9-16)7-12(13)8-14/h3-4,7,9-10,17H,5-6H2,1-2H3. The maximum atomic E-state index is 10.6. The van der Waals surface area contributed by atoms with Gasteiger partial charge in [0.15, 0.2) is 0 Å². The van der Waals surface area contributed by atoms with Crippen molar-refractivity contribution in [2.24, 2.45) is 0 Å². The third-order valence-electron chi connectivity index (χ3n) is 2.57. The molecule has 0 saturated heterocycles. The number of rotatable bonds is 5. The van der Waals surface area contributed by atoms with Gasteiger partial charge in [-0.05, 0) is 31.5 Å². The van der Waals surface area contributed by atoms with Crippen LogP contribution in [-0.4, -0.2) is 31.1 Å². The summed E-state index contributed by atoms with van der Waals surface area (Å²) in [5.74, 6) is 0. The van der Waals surface area contributed by atoms with Crippen LogP contribution in [0.15, 0.2) is 18.2 Å². The topological polar surface area (TPSA) is 64.3 Å². The number of carbonyl (C=O) groups excluding carboxylic acids is 1. The zero-order chi connectivity index (χ0) is 12.8. The number of aldehydes is 1. The summed E-state index contributed by atoms with van der Waals surface area (Å²) < 4.78 is 0. The van der Waals surface area contributed by atoms with E-state index in [9.17, 15) is 9.90 Å². The summed E-state index contributed by atoms with van der Waals surface area (Å²) in [4.78, 5) is 12.5. The quantitative estimate of drug-likeness (QED) is 0.783. The average molecular weight is 232 g/mol. The van der Waals surface area contributed by atoms with Crippen LogP contribution in [0.25, 0.3) is 0 Å². The number of nitrogens with zero attached hydrogens (tertiary/aromatic N) is 2. The molecule has 0 spiro atoms. The van der Waals surface area contributed by atoms with E-state index in [1.165, 1.54) is 0 Å². The number of aliphatic hydroxyl groups is 1. The summed E-state index contributed by atoms with van der Waals surface area (Å²) in [6.07, 6.45) is 0.995. The van der Waals surface area contributed by atoms with Crippen molar-refractivity contribution < 1.29 is 9.90 Å². The van der Waals surface area contributed by atoms with Gasteiger partial charge < -0.3 is 10.0 Å². The Morgan fingerprint density at radius 1 is 1.59 bits per heavy atom. The van der Waals surface area contributed by atoms with E-state index in [-0.39, 0.29) is 6.10 Å². The molecule has 1 atom stereocenters. The Morgan fingerprint density at radius 2 is 2.29 bits per heavy atom. The Hall–Kier alpha value is -1.86. The van der Waals surface area contributed by atoms with Crippen LogP contribution < -0.4 is 4.90 Å². The molecule has 0 bridgehead atoms. The molecular formula is C13H16N2O2. The second-order valence-electron chi connectivity index (χ2n) is 4.07. The molecule has 4 nitrogen and oxygen atoms in total. The van der Waals surface area contributed by atoms with Crippen LogP contribution in [0.5, 0.6) is 0 Å². The van der Waals surface area contributed by atoms with Crippen LogP contribution >= 0.6 is 0 Å². The molecule has 0 amide bonds. The van der Waals surface area contributed by atoms with Crippen molar-refractivity contribution in [2.75, 3.05) is 18.5 Å². The second kappa shape index (κ2) is 6.02. The van der Waals surface area contributed by atoms with Gasteiger partial charge in [-0.2, -0.15) is 5.26 Å². The normalized spacial score (nSPS) is 11.6. The van der Waals surface area contributed by atoms with Crippen molar-refractivity contribution in [3.8, 4) is 6.07 Å². The third kappa shape index (κ3) is 3.58. The summed E-state index contributed by atoms with van der Waals surface area (Å²) in [7, 11) is 1.86. The molecule has 0 aromatic heterocycles. The second-order valence-corrected chi connectivity index (χ2v) is 4.07. The molecule has 4 heteroatoms. The minimum atomic E-state index is -0.364. The van der Waals surface area contributed by atoms with E-state index in [0.29, 0.717) is 24.1 Å². The molecular weight excluding hydrogens is 216 g/mol. The molecule has 0 heterocycles. The Kier molecular flexibility index (Phi) is 4.68. The maximum Gasteiger partial charge on any atom is 0.150 e. The van der Waals surface area contributed by atoms with Gasteiger partial charge in [-0.3, -0.25) is 4.79 Å². The number of hydrogen-bond acceptors (Lipinski definition) is 4. The van der Waals surface area contributed by atoms with E-state index in [1.54, 1.807) is 25.1 Å². The van der Waals surface area contributed by atoms with E-state index < -0.39 is 0 Å². The van der Waals surface area contributed by atoms with Crippen molar-refractivity contribution in [3.63, 3.8) is 0 Å². The lowest BCUT2D eigenvalue weighted by Crippen LogP contribution is -2.22. The molecule has 17 heavy (non-hydrogen) atoms. The fourth-order valence-corrected chi connectivity index (χ4v) is 1.55. The number of hydrogen-bond donors (Lipinski definition) is 1. The number of carbonyl (C=O) groups is 1. The van der Waals surface area contributed by atoms with Crippen LogP contribution in [0.1, 0.15) is 29.3 Å². The van der Waals surface area contributed by atoms with Crippen molar-refractivity contribution in [3.05, 3.63) is 29.3 Å². The molecule has 90 valence electrons. The zero-order valence-electron chi connectivity index (χ0n) is 10.1. The summed E-state index contributed by atoms with van der Waals surface area (Å²) in [6.45, 7) is 2.39. The Morgan fingerprint density at radius 3 is 2.82 bits per heavy atom. The van der Waals surface area contributed by atoms with Gasteiger partial charge in [0.1, 0.15) is 12.4 Å². The summed E-state index contributed by atoms with van der Waals surface area (Å²) in [5.41, 5.74) is 1.75. The van der Waals surface area contributed by atoms with Gasteiger partial charge in [-0.1, -0.05) is 0 Å². The summed E-state index contributed by atoms with van der Waals surface area (Å²) >= 11 is 0. The molecule has 0 radical (unpaired) electrons. The van der Waals surface area contributed by atoms with Gasteiger partial charge in [-0.15, -0.1) is 0 Å². The van der Waals surface area contributed by atoms with Crippen LogP contribution in [0.3, 0.4) is 0 Å². The van der Waals surface area contributed by atoms with Gasteiger partial charge in [0.2, 0.25) is 0 Å². The van der Waals surface area contributed by atoms with E-state index in [1.807, 2.05) is 11.9 Å². The average Bonchev–Trinajstić information content (AvgIpc) is 2.34. The highest BCUT2D eigenvalue weighted by Crippen LogP contribution is 2.20. The third-order valence-corrected chi connectivity index (χ3v) is 2.57. The fraction of sp³-hybridized carbons (Fsp3) is 0.385. The molecule has 1 unspecified atom stereocenters. The molecule has 1 rings (SSSR count). The largest absolute Gasteiger partial charge is 0.393 e. The van der Waals surface area contributed by atoms with Gasteiger partial charge in [0.25, 0.3) is 0 Å². The first-order valence-electron chi connectivity index (χ1n) is 5.47. The van der Waals surface area contributed by atoms with Gasteiger partial charge in [0, 0.05) is 19.2 Å². The molecule has 0 aliphatic rings. The van der Waals surface area contributed by atoms with Gasteiger partial charge >= 0.3 is 0 Å². The monoisotopic (exact) mass is 232 g/mol. The van der Waals surface area contributed by atoms with Crippen molar-refractivity contribution in [2.45, 2.75) is 19.4 Å². The lowest BCUT2D eigenvalue weighted by atomic mass is 10.1. The van der Waals surface area contributed by atoms with Crippen molar-refractivity contribution >= 4 is 12.0 Å². The first-order chi connectivity index (χ1) is 8.08. The number of benzene rings is 1. The molecule has 1 aromatic carbocycles. The molecule has 1 aromatic rings. The summed E-state index contributed by atoms with van der Waals surface area (Å²) in [6, 6.07) is 7.08. The van der Waals surface area contributed by atoms with Crippen molar-refractivity contribution in [1.29, 1.82) is 5.26 Å². The first kappa shape index (κ1) is 13.2. The molecule has 0 aliphatic carbocycles. The lowest BCUT2D eigenvalue weighted by Gasteiger charge is -2.21. The zero-order valence-corrected chi connectivity index (χ0v) is 10.1. The Balaban J connectivity index is 2.90. The predicted molar refractivity (Wildman–Crippen MR) is 66.1 cm³/mol.